The van der Waals surface area contributed by atoms with Gasteiger partial charge in [0.15, 0.2) is 10.2 Å². The first-order valence-corrected chi connectivity index (χ1v) is 7.43. The summed E-state index contributed by atoms with van der Waals surface area (Å²) in [7, 11) is 0. The number of hydrogen-bond donors (Lipinski definition) is 4. The highest BCUT2D eigenvalue weighted by molar-refractivity contribution is 7.80. The largest absolute Gasteiger partial charge is 0.376 e. The highest BCUT2D eigenvalue weighted by Crippen LogP contribution is 2.10. The Morgan fingerprint density at radius 3 is 2.57 bits per heavy atom. The highest BCUT2D eigenvalue weighted by Gasteiger charge is 2.15. The summed E-state index contributed by atoms with van der Waals surface area (Å²) < 4.78 is 18.2. The Morgan fingerprint density at radius 1 is 1.19 bits per heavy atom. The predicted octanol–water partition coefficient (Wildman–Crippen LogP) is 1.67. The molecule has 1 aliphatic rings. The van der Waals surface area contributed by atoms with Gasteiger partial charge in [-0.1, -0.05) is 0 Å². The number of rotatable bonds is 3. The summed E-state index contributed by atoms with van der Waals surface area (Å²) in [4.78, 5) is 0. The topological polar surface area (TPSA) is 57.3 Å². The van der Waals surface area contributed by atoms with Crippen molar-refractivity contribution in [3.05, 3.63) is 30.1 Å². The van der Waals surface area contributed by atoms with Crippen molar-refractivity contribution < 1.29 is 9.13 Å². The lowest BCUT2D eigenvalue weighted by atomic mass is 10.2. The van der Waals surface area contributed by atoms with E-state index in [2.05, 4.69) is 21.5 Å². The number of nitrogens with one attached hydrogen (secondary N) is 4. The van der Waals surface area contributed by atoms with Crippen LogP contribution in [0, 0.1) is 5.82 Å². The Kier molecular flexibility index (Phi) is 6.09. The van der Waals surface area contributed by atoms with Gasteiger partial charge in [0.05, 0.1) is 6.10 Å². The molecule has 0 bridgehead atoms. The normalized spacial score (nSPS) is 17.1. The molecule has 0 spiro atoms. The van der Waals surface area contributed by atoms with Crippen molar-refractivity contribution >= 4 is 40.3 Å². The molecular formula is C13H17FN4OS2. The Hall–Kier alpha value is -1.51. The fourth-order valence-corrected chi connectivity index (χ4v) is 2.17. The van der Waals surface area contributed by atoms with Crippen LogP contribution in [0.1, 0.15) is 12.8 Å². The molecule has 8 heteroatoms. The zero-order valence-corrected chi connectivity index (χ0v) is 13.0. The lowest BCUT2D eigenvalue weighted by Crippen LogP contribution is -2.49. The first kappa shape index (κ1) is 15.9. The second-order valence-electron chi connectivity index (χ2n) is 4.56. The molecule has 1 fully saturated rings. The fraction of sp³-hybridized carbons (Fsp3) is 0.385. The Balaban J connectivity index is 1.63. The average molecular weight is 328 g/mol. The van der Waals surface area contributed by atoms with E-state index >= 15 is 0 Å². The zero-order chi connectivity index (χ0) is 15.1. The van der Waals surface area contributed by atoms with Crippen LogP contribution in [0.5, 0.6) is 0 Å². The molecule has 4 N–H and O–H groups in total. The quantitative estimate of drug-likeness (QED) is 0.497. The molecule has 1 heterocycles. The molecular weight excluding hydrogens is 311 g/mol. The van der Waals surface area contributed by atoms with Crippen molar-refractivity contribution in [3.63, 3.8) is 0 Å². The molecule has 2 rings (SSSR count). The summed E-state index contributed by atoms with van der Waals surface area (Å²) in [6, 6.07) is 5.90. The molecule has 1 aliphatic heterocycles. The Morgan fingerprint density at radius 2 is 1.90 bits per heavy atom. The first-order valence-electron chi connectivity index (χ1n) is 6.61. The summed E-state index contributed by atoms with van der Waals surface area (Å²) in [5.41, 5.74) is 6.22. The van der Waals surface area contributed by atoms with Crippen LogP contribution in [-0.4, -0.2) is 29.5 Å². The summed E-state index contributed by atoms with van der Waals surface area (Å²) in [6.07, 6.45) is 2.36. The lowest BCUT2D eigenvalue weighted by molar-refractivity contribution is 0.114. The maximum Gasteiger partial charge on any atom is 0.189 e. The van der Waals surface area contributed by atoms with Crippen molar-refractivity contribution in [2.45, 2.75) is 18.9 Å². The number of anilines is 1. The summed E-state index contributed by atoms with van der Waals surface area (Å²) in [6.45, 7) is 1.49. The second-order valence-corrected chi connectivity index (χ2v) is 5.37. The van der Waals surface area contributed by atoms with Gasteiger partial charge in [0.1, 0.15) is 5.82 Å². The van der Waals surface area contributed by atoms with Crippen LogP contribution in [0.15, 0.2) is 24.3 Å². The van der Waals surface area contributed by atoms with Gasteiger partial charge in [-0.15, -0.1) is 0 Å². The molecule has 1 aromatic rings. The van der Waals surface area contributed by atoms with Crippen LogP contribution in [0.25, 0.3) is 0 Å². The van der Waals surface area contributed by atoms with Gasteiger partial charge in [0.25, 0.3) is 0 Å². The van der Waals surface area contributed by atoms with Crippen LogP contribution in [-0.2, 0) is 4.74 Å². The van der Waals surface area contributed by atoms with E-state index in [4.69, 9.17) is 29.2 Å². The first-order chi connectivity index (χ1) is 10.1. The van der Waals surface area contributed by atoms with Crippen LogP contribution in [0.4, 0.5) is 10.1 Å². The van der Waals surface area contributed by atoms with Crippen LogP contribution in [0.3, 0.4) is 0 Å². The zero-order valence-electron chi connectivity index (χ0n) is 11.3. The minimum absolute atomic E-state index is 0.217. The minimum Gasteiger partial charge on any atom is -0.376 e. The summed E-state index contributed by atoms with van der Waals surface area (Å²) in [5, 5.41) is 6.72. The van der Waals surface area contributed by atoms with Gasteiger partial charge in [-0.05, 0) is 61.5 Å². The maximum absolute atomic E-state index is 12.8. The summed E-state index contributed by atoms with van der Waals surface area (Å²) in [5.74, 6) is -0.294. The molecule has 0 aromatic heterocycles. The van der Waals surface area contributed by atoms with Gasteiger partial charge in [0, 0.05) is 18.8 Å². The predicted molar refractivity (Wildman–Crippen MR) is 88.5 cm³/mol. The van der Waals surface area contributed by atoms with Crippen molar-refractivity contribution in [1.29, 1.82) is 0 Å². The number of hydrazine groups is 1. The third-order valence-electron chi connectivity index (χ3n) is 2.91. The number of ether oxygens (including phenoxy) is 1. The molecule has 5 nitrogen and oxygen atoms in total. The van der Waals surface area contributed by atoms with Crippen LogP contribution in [0.2, 0.25) is 0 Å². The maximum atomic E-state index is 12.8. The molecule has 0 radical (unpaired) electrons. The van der Waals surface area contributed by atoms with E-state index < -0.39 is 0 Å². The molecule has 0 aliphatic carbocycles. The fourth-order valence-electron chi connectivity index (χ4n) is 1.87. The molecule has 0 unspecified atom stereocenters. The second kappa shape index (κ2) is 8.06. The molecule has 0 saturated carbocycles. The molecule has 114 valence electrons. The third-order valence-corrected chi connectivity index (χ3v) is 3.36. The highest BCUT2D eigenvalue weighted by atomic mass is 32.1. The van der Waals surface area contributed by atoms with E-state index in [-0.39, 0.29) is 11.9 Å². The van der Waals surface area contributed by atoms with Gasteiger partial charge in [0.2, 0.25) is 0 Å². The van der Waals surface area contributed by atoms with E-state index in [1.165, 1.54) is 12.1 Å². The van der Waals surface area contributed by atoms with Gasteiger partial charge in [-0.25, -0.2) is 4.39 Å². The average Bonchev–Trinajstić information content (AvgIpc) is 2.99. The van der Waals surface area contributed by atoms with Gasteiger partial charge < -0.3 is 15.4 Å². The van der Waals surface area contributed by atoms with Gasteiger partial charge in [-0.3, -0.25) is 10.9 Å². The van der Waals surface area contributed by atoms with E-state index in [9.17, 15) is 4.39 Å². The number of halogens is 1. The van der Waals surface area contributed by atoms with Crippen molar-refractivity contribution in [2.75, 3.05) is 18.5 Å². The molecule has 1 atom stereocenters. The van der Waals surface area contributed by atoms with Crippen LogP contribution >= 0.6 is 24.4 Å². The van der Waals surface area contributed by atoms with Crippen molar-refractivity contribution in [2.24, 2.45) is 0 Å². The van der Waals surface area contributed by atoms with Gasteiger partial charge >= 0.3 is 0 Å². The smallest absolute Gasteiger partial charge is 0.189 e. The minimum atomic E-state index is -0.294. The molecule has 0 amide bonds. The van der Waals surface area contributed by atoms with E-state index in [0.29, 0.717) is 22.5 Å². The number of hydrogen-bond acceptors (Lipinski definition) is 3. The third kappa shape index (κ3) is 5.78. The van der Waals surface area contributed by atoms with Crippen molar-refractivity contribution in [1.82, 2.24) is 16.2 Å². The summed E-state index contributed by atoms with van der Waals surface area (Å²) >= 11 is 10.2. The van der Waals surface area contributed by atoms with Crippen molar-refractivity contribution in [3.8, 4) is 0 Å². The number of thiocarbonyl (C=S) groups is 2. The SMILES string of the molecule is Fc1ccc(NC(=S)NNC(=S)NC[C@H]2CCCO2)cc1. The van der Waals surface area contributed by atoms with E-state index in [0.717, 1.165) is 19.4 Å². The van der Waals surface area contributed by atoms with Gasteiger partial charge in [-0.2, -0.15) is 0 Å². The Labute approximate surface area is 133 Å². The molecule has 1 aromatic carbocycles. The van der Waals surface area contributed by atoms with E-state index in [1.807, 2.05) is 0 Å². The van der Waals surface area contributed by atoms with E-state index in [1.54, 1.807) is 12.1 Å². The standard InChI is InChI=1S/C13H17FN4OS2/c14-9-3-5-10(6-4-9)16-13(21)18-17-12(20)15-8-11-2-1-7-19-11/h3-6,11H,1-2,7-8H2,(H2,15,17,20)(H2,16,18,21)/t11-/m1/s1. The lowest BCUT2D eigenvalue weighted by Gasteiger charge is -2.16. The molecule has 1 saturated heterocycles. The Bertz CT molecular complexity index is 491. The number of benzene rings is 1. The van der Waals surface area contributed by atoms with Crippen LogP contribution < -0.4 is 21.5 Å². The monoisotopic (exact) mass is 328 g/mol. The molecule has 21 heavy (non-hydrogen) atoms.